The summed E-state index contributed by atoms with van der Waals surface area (Å²) in [6, 6.07) is 2.69. The molecule has 0 fully saturated rings. The van der Waals surface area contributed by atoms with Gasteiger partial charge in [0.1, 0.15) is 17.2 Å². The number of allylic oxidation sites excluding steroid dienone is 1. The Bertz CT molecular complexity index is 783. The maximum Gasteiger partial charge on any atom is 0.450 e. The van der Waals surface area contributed by atoms with Crippen molar-refractivity contribution in [2.45, 2.75) is 26.1 Å². The highest BCUT2D eigenvalue weighted by Gasteiger charge is 2.51. The number of fused-ring (bicyclic) bond motifs is 1. The van der Waals surface area contributed by atoms with Crippen LogP contribution < -0.4 is 4.74 Å². The molecule has 144 valence electrons. The van der Waals surface area contributed by atoms with Crippen molar-refractivity contribution in [2.75, 3.05) is 13.2 Å². The first-order chi connectivity index (χ1) is 12.0. The van der Waals surface area contributed by atoms with E-state index in [0.29, 0.717) is 0 Å². The molecule has 0 spiro atoms. The quantitative estimate of drug-likeness (QED) is 0.438. The predicted molar refractivity (Wildman–Crippen MR) is 82.6 cm³/mol. The monoisotopic (exact) mass is 397 g/mol. The molecule has 8 nitrogen and oxygen atoms in total. The molecular weight excluding hydrogens is 382 g/mol. The van der Waals surface area contributed by atoms with Crippen LogP contribution in [0, 0.1) is 10.1 Å². The SMILES string of the molecule is CCOP(=O)(OCC)C1=C(C(F)(F)F)Oc2ccc([N+](=O)[O-])cc2C1O. The van der Waals surface area contributed by atoms with Gasteiger partial charge in [-0.1, -0.05) is 0 Å². The molecule has 0 bridgehead atoms. The Labute approximate surface area is 145 Å². The average molecular weight is 397 g/mol. The van der Waals surface area contributed by atoms with Crippen LogP contribution in [0.3, 0.4) is 0 Å². The topological polar surface area (TPSA) is 108 Å². The van der Waals surface area contributed by atoms with Gasteiger partial charge >= 0.3 is 13.8 Å². The number of nitrogens with zero attached hydrogens (tertiary/aromatic N) is 1. The summed E-state index contributed by atoms with van der Waals surface area (Å²) in [4.78, 5) is 10.1. The van der Waals surface area contributed by atoms with Gasteiger partial charge in [-0.3, -0.25) is 14.7 Å². The molecule has 0 saturated carbocycles. The zero-order valence-electron chi connectivity index (χ0n) is 13.6. The summed E-state index contributed by atoms with van der Waals surface area (Å²) in [6.45, 7) is 2.24. The third-order valence-electron chi connectivity index (χ3n) is 3.35. The zero-order chi connectivity index (χ0) is 19.7. The molecule has 0 aliphatic carbocycles. The minimum absolute atomic E-state index is 0.263. The van der Waals surface area contributed by atoms with Crippen molar-refractivity contribution in [2.24, 2.45) is 0 Å². The Morgan fingerprint density at radius 1 is 1.31 bits per heavy atom. The molecule has 0 amide bonds. The number of rotatable bonds is 6. The van der Waals surface area contributed by atoms with E-state index in [1.807, 2.05) is 0 Å². The fourth-order valence-electron chi connectivity index (χ4n) is 2.38. The van der Waals surface area contributed by atoms with E-state index in [1.54, 1.807) is 0 Å². The molecule has 1 N–H and O–H groups in total. The van der Waals surface area contributed by atoms with Crippen molar-refractivity contribution in [3.05, 3.63) is 45.0 Å². The van der Waals surface area contributed by atoms with E-state index < -0.39 is 47.3 Å². The summed E-state index contributed by atoms with van der Waals surface area (Å²) in [5, 5.41) is 20.2. The van der Waals surface area contributed by atoms with Gasteiger partial charge in [0.2, 0.25) is 5.76 Å². The van der Waals surface area contributed by atoms with E-state index >= 15 is 0 Å². The molecule has 1 atom stereocenters. The second kappa shape index (κ2) is 7.36. The van der Waals surface area contributed by atoms with Gasteiger partial charge in [0, 0.05) is 17.7 Å². The molecule has 26 heavy (non-hydrogen) atoms. The number of hydrogen-bond donors (Lipinski definition) is 1. The normalized spacial score (nSPS) is 17.7. The molecule has 0 aromatic heterocycles. The Hall–Kier alpha value is -1.94. The van der Waals surface area contributed by atoms with Crippen LogP contribution in [0.15, 0.2) is 29.3 Å². The van der Waals surface area contributed by atoms with Crippen molar-refractivity contribution < 1.29 is 41.6 Å². The standard InChI is InChI=1S/C14H15F3NO7P/c1-3-23-26(22,24-4-2)12-11(19)9-7-8(18(20)21)5-6-10(9)25-13(12)14(15,16)17/h5-7,11,19H,3-4H2,1-2H3. The number of alkyl halides is 3. The lowest BCUT2D eigenvalue weighted by Gasteiger charge is -2.31. The molecule has 1 aliphatic rings. The first-order valence-corrected chi connectivity index (χ1v) is 8.94. The minimum Gasteiger partial charge on any atom is -0.451 e. The van der Waals surface area contributed by atoms with Gasteiger partial charge in [0.15, 0.2) is 0 Å². The summed E-state index contributed by atoms with van der Waals surface area (Å²) < 4.78 is 67.8. The van der Waals surface area contributed by atoms with Crippen LogP contribution in [0.25, 0.3) is 0 Å². The number of aliphatic hydroxyl groups is 1. The molecule has 2 rings (SSSR count). The number of ether oxygens (including phenoxy) is 1. The lowest BCUT2D eigenvalue weighted by atomic mass is 10.0. The van der Waals surface area contributed by atoms with Gasteiger partial charge in [0.25, 0.3) is 5.69 Å². The third kappa shape index (κ3) is 3.75. The Morgan fingerprint density at radius 2 is 1.88 bits per heavy atom. The highest BCUT2D eigenvalue weighted by molar-refractivity contribution is 7.58. The molecule has 1 aliphatic heterocycles. The van der Waals surface area contributed by atoms with Gasteiger partial charge in [-0.15, -0.1) is 0 Å². The van der Waals surface area contributed by atoms with Crippen molar-refractivity contribution >= 4 is 13.3 Å². The first kappa shape index (κ1) is 20.4. The summed E-state index contributed by atoms with van der Waals surface area (Å²) >= 11 is 0. The van der Waals surface area contributed by atoms with Gasteiger partial charge in [-0.2, -0.15) is 13.2 Å². The van der Waals surface area contributed by atoms with E-state index in [1.165, 1.54) is 13.8 Å². The van der Waals surface area contributed by atoms with Crippen LogP contribution in [-0.4, -0.2) is 29.4 Å². The van der Waals surface area contributed by atoms with Gasteiger partial charge in [0.05, 0.1) is 18.1 Å². The maximum atomic E-state index is 13.4. The van der Waals surface area contributed by atoms with Crippen molar-refractivity contribution in [3.63, 3.8) is 0 Å². The molecule has 1 aromatic carbocycles. The lowest BCUT2D eigenvalue weighted by Crippen LogP contribution is -2.27. The Morgan fingerprint density at radius 3 is 2.35 bits per heavy atom. The smallest absolute Gasteiger partial charge is 0.450 e. The zero-order valence-corrected chi connectivity index (χ0v) is 14.5. The van der Waals surface area contributed by atoms with Crippen LogP contribution in [0.1, 0.15) is 25.5 Å². The van der Waals surface area contributed by atoms with Crippen LogP contribution in [0.4, 0.5) is 18.9 Å². The van der Waals surface area contributed by atoms with E-state index in [9.17, 15) is 33.0 Å². The van der Waals surface area contributed by atoms with Crippen LogP contribution in [0.2, 0.25) is 0 Å². The molecule has 0 saturated heterocycles. The number of hydrogen-bond acceptors (Lipinski definition) is 7. The number of nitro groups is 1. The van der Waals surface area contributed by atoms with Gasteiger partial charge in [-0.05, 0) is 19.9 Å². The second-order valence-electron chi connectivity index (χ2n) is 5.03. The van der Waals surface area contributed by atoms with E-state index in [0.717, 1.165) is 18.2 Å². The van der Waals surface area contributed by atoms with E-state index in [-0.39, 0.29) is 18.8 Å². The largest absolute Gasteiger partial charge is 0.451 e. The predicted octanol–water partition coefficient (Wildman–Crippen LogP) is 4.06. The van der Waals surface area contributed by atoms with Gasteiger partial charge < -0.3 is 18.9 Å². The summed E-state index contributed by atoms with van der Waals surface area (Å²) in [6.07, 6.45) is -7.24. The van der Waals surface area contributed by atoms with Crippen molar-refractivity contribution in [1.82, 2.24) is 0 Å². The fraction of sp³-hybridized carbons (Fsp3) is 0.429. The first-order valence-electron chi connectivity index (χ1n) is 7.40. The van der Waals surface area contributed by atoms with Crippen molar-refractivity contribution in [1.29, 1.82) is 0 Å². The average Bonchev–Trinajstić information content (AvgIpc) is 2.53. The maximum absolute atomic E-state index is 13.4. The molecular formula is C14H15F3NO7P. The Balaban J connectivity index is 2.71. The fourth-order valence-corrected chi connectivity index (χ4v) is 4.28. The number of nitro benzene ring substituents is 1. The molecule has 1 unspecified atom stereocenters. The second-order valence-corrected chi connectivity index (χ2v) is 7.02. The number of aliphatic hydroxyl groups excluding tert-OH is 1. The molecule has 1 aromatic rings. The lowest BCUT2D eigenvalue weighted by molar-refractivity contribution is -0.385. The Kier molecular flexibility index (Phi) is 5.76. The van der Waals surface area contributed by atoms with Crippen LogP contribution >= 0.6 is 7.60 Å². The number of non-ortho nitro benzene ring substituents is 1. The minimum atomic E-state index is -5.11. The van der Waals surface area contributed by atoms with E-state index in [4.69, 9.17) is 13.8 Å². The van der Waals surface area contributed by atoms with Gasteiger partial charge in [-0.25, -0.2) is 0 Å². The molecule has 12 heteroatoms. The van der Waals surface area contributed by atoms with Crippen molar-refractivity contribution in [3.8, 4) is 5.75 Å². The summed E-state index contributed by atoms with van der Waals surface area (Å²) in [5.41, 5.74) is -0.828. The molecule has 1 heterocycles. The highest BCUT2D eigenvalue weighted by Crippen LogP contribution is 2.64. The number of halogens is 3. The molecule has 0 radical (unpaired) electrons. The highest BCUT2D eigenvalue weighted by atomic mass is 31.2. The van der Waals surface area contributed by atoms with Crippen LogP contribution in [0.5, 0.6) is 5.75 Å². The van der Waals surface area contributed by atoms with E-state index in [2.05, 4.69) is 0 Å². The van der Waals surface area contributed by atoms with Crippen LogP contribution in [-0.2, 0) is 13.6 Å². The summed E-state index contributed by atoms with van der Waals surface area (Å²) in [7, 11) is -4.58. The third-order valence-corrected chi connectivity index (χ3v) is 5.59. The number of benzene rings is 1. The summed E-state index contributed by atoms with van der Waals surface area (Å²) in [5.74, 6) is -2.17.